The first kappa shape index (κ1) is 17.8. The fourth-order valence-electron chi connectivity index (χ4n) is 2.37. The standard InChI is InChI=1S/C19H16BrFN2OS/c1-12-17(25-19(23-12)14-4-8-16(21)9-5-14)10-11-22-18(24)13-2-6-15(20)7-3-13/h2-9H,10-11H2,1H3,(H,22,24). The van der Waals surface area contributed by atoms with Crippen molar-refractivity contribution in [3.8, 4) is 10.6 Å². The van der Waals surface area contributed by atoms with E-state index in [2.05, 4.69) is 26.2 Å². The number of aromatic nitrogens is 1. The molecule has 0 spiro atoms. The molecule has 0 fully saturated rings. The molecule has 1 amide bonds. The Bertz CT molecular complexity index is 875. The third kappa shape index (κ3) is 4.52. The van der Waals surface area contributed by atoms with Gasteiger partial charge in [0.1, 0.15) is 10.8 Å². The Labute approximate surface area is 158 Å². The molecule has 0 bridgehead atoms. The summed E-state index contributed by atoms with van der Waals surface area (Å²) in [5.41, 5.74) is 2.48. The number of carbonyl (C=O) groups excluding carboxylic acids is 1. The maximum absolute atomic E-state index is 13.0. The van der Waals surface area contributed by atoms with Crippen molar-refractivity contribution in [1.82, 2.24) is 10.3 Å². The second-order valence-electron chi connectivity index (χ2n) is 5.55. The Balaban J connectivity index is 1.61. The van der Waals surface area contributed by atoms with Crippen molar-refractivity contribution in [2.24, 2.45) is 0 Å². The maximum Gasteiger partial charge on any atom is 0.251 e. The number of halogens is 2. The van der Waals surface area contributed by atoms with E-state index in [0.29, 0.717) is 18.5 Å². The van der Waals surface area contributed by atoms with Gasteiger partial charge in [0.25, 0.3) is 5.91 Å². The minimum absolute atomic E-state index is 0.0894. The molecule has 0 aliphatic heterocycles. The van der Waals surface area contributed by atoms with Gasteiger partial charge in [-0.15, -0.1) is 11.3 Å². The Morgan fingerprint density at radius 1 is 1.16 bits per heavy atom. The third-order valence-corrected chi connectivity index (χ3v) is 5.52. The van der Waals surface area contributed by atoms with E-state index in [0.717, 1.165) is 25.6 Å². The van der Waals surface area contributed by atoms with Gasteiger partial charge in [-0.2, -0.15) is 0 Å². The molecule has 0 aliphatic rings. The van der Waals surface area contributed by atoms with Crippen molar-refractivity contribution < 1.29 is 9.18 Å². The zero-order valence-corrected chi connectivity index (χ0v) is 16.0. The van der Waals surface area contributed by atoms with Gasteiger partial charge in [-0.1, -0.05) is 15.9 Å². The molecule has 2 aromatic carbocycles. The van der Waals surface area contributed by atoms with Gasteiger partial charge in [0.2, 0.25) is 0 Å². The van der Waals surface area contributed by atoms with Gasteiger partial charge in [-0.25, -0.2) is 9.37 Å². The summed E-state index contributed by atoms with van der Waals surface area (Å²) in [6.07, 6.45) is 0.715. The van der Waals surface area contributed by atoms with E-state index in [1.807, 2.05) is 19.1 Å². The third-order valence-electron chi connectivity index (χ3n) is 3.73. The summed E-state index contributed by atoms with van der Waals surface area (Å²) in [6, 6.07) is 13.6. The number of nitrogens with zero attached hydrogens (tertiary/aromatic N) is 1. The first-order valence-corrected chi connectivity index (χ1v) is 9.40. The van der Waals surface area contributed by atoms with Crippen LogP contribution in [0.15, 0.2) is 53.0 Å². The van der Waals surface area contributed by atoms with Crippen LogP contribution in [0.1, 0.15) is 20.9 Å². The van der Waals surface area contributed by atoms with Gasteiger partial charge in [-0.05, 0) is 55.5 Å². The molecule has 0 aliphatic carbocycles. The number of carbonyl (C=O) groups is 1. The molecule has 3 rings (SSSR count). The van der Waals surface area contributed by atoms with Gasteiger partial charge < -0.3 is 5.32 Å². The van der Waals surface area contributed by atoms with Gasteiger partial charge in [-0.3, -0.25) is 4.79 Å². The summed E-state index contributed by atoms with van der Waals surface area (Å²) in [7, 11) is 0. The highest BCUT2D eigenvalue weighted by molar-refractivity contribution is 9.10. The smallest absolute Gasteiger partial charge is 0.251 e. The number of aryl methyl sites for hydroxylation is 1. The molecular formula is C19H16BrFN2OS. The molecule has 3 aromatic rings. The van der Waals surface area contributed by atoms with Crippen molar-refractivity contribution >= 4 is 33.2 Å². The predicted octanol–water partition coefficient (Wildman–Crippen LogP) is 4.99. The Morgan fingerprint density at radius 2 is 1.84 bits per heavy atom. The average Bonchev–Trinajstić information content (AvgIpc) is 2.97. The van der Waals surface area contributed by atoms with Crippen LogP contribution in [0.3, 0.4) is 0 Å². The van der Waals surface area contributed by atoms with Crippen molar-refractivity contribution in [2.45, 2.75) is 13.3 Å². The van der Waals surface area contributed by atoms with E-state index in [4.69, 9.17) is 0 Å². The fraction of sp³-hybridized carbons (Fsp3) is 0.158. The van der Waals surface area contributed by atoms with Crippen LogP contribution in [0.25, 0.3) is 10.6 Å². The van der Waals surface area contributed by atoms with E-state index in [9.17, 15) is 9.18 Å². The molecule has 128 valence electrons. The lowest BCUT2D eigenvalue weighted by Gasteiger charge is -2.04. The number of rotatable bonds is 5. The van der Waals surface area contributed by atoms with E-state index in [1.54, 1.807) is 35.6 Å². The predicted molar refractivity (Wildman–Crippen MR) is 102 cm³/mol. The van der Waals surface area contributed by atoms with E-state index >= 15 is 0 Å². The Morgan fingerprint density at radius 3 is 2.52 bits per heavy atom. The first-order chi connectivity index (χ1) is 12.0. The van der Waals surface area contributed by atoms with Gasteiger partial charge >= 0.3 is 0 Å². The molecule has 0 radical (unpaired) electrons. The fourth-order valence-corrected chi connectivity index (χ4v) is 3.70. The van der Waals surface area contributed by atoms with Crippen molar-refractivity contribution in [3.05, 3.63) is 75.0 Å². The van der Waals surface area contributed by atoms with E-state index in [-0.39, 0.29) is 11.7 Å². The highest BCUT2D eigenvalue weighted by atomic mass is 79.9. The van der Waals surface area contributed by atoms with Crippen LogP contribution in [-0.4, -0.2) is 17.4 Å². The van der Waals surface area contributed by atoms with E-state index < -0.39 is 0 Å². The van der Waals surface area contributed by atoms with Crippen LogP contribution in [0.4, 0.5) is 4.39 Å². The normalized spacial score (nSPS) is 10.7. The second-order valence-corrected chi connectivity index (χ2v) is 7.55. The molecule has 25 heavy (non-hydrogen) atoms. The largest absolute Gasteiger partial charge is 0.352 e. The van der Waals surface area contributed by atoms with Gasteiger partial charge in [0.15, 0.2) is 0 Å². The summed E-state index contributed by atoms with van der Waals surface area (Å²) in [4.78, 5) is 17.8. The zero-order valence-electron chi connectivity index (χ0n) is 13.6. The molecular weight excluding hydrogens is 403 g/mol. The van der Waals surface area contributed by atoms with Crippen LogP contribution >= 0.6 is 27.3 Å². The summed E-state index contributed by atoms with van der Waals surface area (Å²) < 4.78 is 14.0. The highest BCUT2D eigenvalue weighted by Crippen LogP contribution is 2.28. The molecule has 3 nitrogen and oxygen atoms in total. The topological polar surface area (TPSA) is 42.0 Å². The summed E-state index contributed by atoms with van der Waals surface area (Å²) in [5, 5.41) is 3.79. The summed E-state index contributed by atoms with van der Waals surface area (Å²) in [5.74, 6) is -0.346. The van der Waals surface area contributed by atoms with E-state index in [1.165, 1.54) is 12.1 Å². The molecule has 1 N–H and O–H groups in total. The SMILES string of the molecule is Cc1nc(-c2ccc(F)cc2)sc1CCNC(=O)c1ccc(Br)cc1. The van der Waals surface area contributed by atoms with Crippen molar-refractivity contribution in [3.63, 3.8) is 0 Å². The number of nitrogens with one attached hydrogen (secondary N) is 1. The highest BCUT2D eigenvalue weighted by Gasteiger charge is 2.11. The second kappa shape index (κ2) is 7.89. The molecule has 0 saturated carbocycles. The van der Waals surface area contributed by atoms with Crippen LogP contribution < -0.4 is 5.32 Å². The zero-order chi connectivity index (χ0) is 17.8. The number of amides is 1. The minimum Gasteiger partial charge on any atom is -0.352 e. The maximum atomic E-state index is 13.0. The lowest BCUT2D eigenvalue weighted by Crippen LogP contribution is -2.25. The van der Waals surface area contributed by atoms with Crippen molar-refractivity contribution in [2.75, 3.05) is 6.54 Å². The summed E-state index contributed by atoms with van der Waals surface area (Å²) >= 11 is 4.93. The summed E-state index contributed by atoms with van der Waals surface area (Å²) in [6.45, 7) is 2.50. The molecule has 0 atom stereocenters. The van der Waals surface area contributed by atoms with Crippen LogP contribution in [0, 0.1) is 12.7 Å². The monoisotopic (exact) mass is 418 g/mol. The lowest BCUT2D eigenvalue weighted by atomic mass is 10.2. The molecule has 0 saturated heterocycles. The average molecular weight is 419 g/mol. The van der Waals surface area contributed by atoms with Crippen molar-refractivity contribution in [1.29, 1.82) is 0 Å². The first-order valence-electron chi connectivity index (χ1n) is 7.79. The Hall–Kier alpha value is -2.05. The molecule has 1 aromatic heterocycles. The number of benzene rings is 2. The molecule has 0 unspecified atom stereocenters. The Kier molecular flexibility index (Phi) is 5.60. The molecule has 1 heterocycles. The number of hydrogen-bond donors (Lipinski definition) is 1. The van der Waals surface area contributed by atoms with Crippen LogP contribution in [-0.2, 0) is 6.42 Å². The number of hydrogen-bond acceptors (Lipinski definition) is 3. The minimum atomic E-state index is -0.257. The van der Waals surface area contributed by atoms with Crippen LogP contribution in [0.5, 0.6) is 0 Å². The quantitative estimate of drug-likeness (QED) is 0.633. The molecule has 6 heteroatoms. The number of thiazole rings is 1. The van der Waals surface area contributed by atoms with Gasteiger partial charge in [0, 0.05) is 33.4 Å². The van der Waals surface area contributed by atoms with Crippen LogP contribution in [0.2, 0.25) is 0 Å². The lowest BCUT2D eigenvalue weighted by molar-refractivity contribution is 0.0954. The van der Waals surface area contributed by atoms with Gasteiger partial charge in [0.05, 0.1) is 5.69 Å².